The molecule has 0 aliphatic heterocycles. The van der Waals surface area contributed by atoms with Crippen LogP contribution in [0, 0.1) is 0 Å². The van der Waals surface area contributed by atoms with Crippen molar-refractivity contribution in [3.8, 4) is 0 Å². The van der Waals surface area contributed by atoms with E-state index in [1.807, 2.05) is 45.2 Å². The zero-order valence-corrected chi connectivity index (χ0v) is 11.5. The fourth-order valence-corrected chi connectivity index (χ4v) is 1.56. The fourth-order valence-electron chi connectivity index (χ4n) is 1.56. The maximum Gasteiger partial charge on any atom is 0.221 e. The lowest BCUT2D eigenvalue weighted by Gasteiger charge is -2.34. The van der Waals surface area contributed by atoms with Crippen LogP contribution in [0.25, 0.3) is 0 Å². The molecule has 1 aromatic carbocycles. The molecule has 4 heteroatoms. The van der Waals surface area contributed by atoms with E-state index in [0.717, 1.165) is 17.8 Å². The number of likely N-dealkylation sites (N-methyl/N-ethyl adjacent to an activating group) is 1. The molecule has 0 bridgehead atoms. The number of rotatable bonds is 5. The van der Waals surface area contributed by atoms with Gasteiger partial charge >= 0.3 is 0 Å². The van der Waals surface area contributed by atoms with E-state index < -0.39 is 0 Å². The summed E-state index contributed by atoms with van der Waals surface area (Å²) in [6.45, 7) is 6.30. The average Bonchev–Trinajstić information content (AvgIpc) is 2.28. The van der Waals surface area contributed by atoms with E-state index in [0.29, 0.717) is 0 Å². The Balaban J connectivity index is 2.76. The quantitative estimate of drug-likeness (QED) is 0.838. The van der Waals surface area contributed by atoms with Gasteiger partial charge in [-0.1, -0.05) is 12.1 Å². The lowest BCUT2D eigenvalue weighted by Crippen LogP contribution is -2.43. The van der Waals surface area contributed by atoms with E-state index in [1.54, 1.807) is 0 Å². The average molecular weight is 250 g/mol. The molecule has 0 saturated carbocycles. The molecule has 0 radical (unpaired) electrons. The number of aliphatic hydroxyl groups excluding tert-OH is 1. The maximum atomic E-state index is 11.0. The Morgan fingerprint density at radius 3 is 2.67 bits per heavy atom. The summed E-state index contributed by atoms with van der Waals surface area (Å²) in [4.78, 5) is 13.1. The summed E-state index contributed by atoms with van der Waals surface area (Å²) in [6, 6.07) is 7.74. The molecule has 0 saturated heterocycles. The summed E-state index contributed by atoms with van der Waals surface area (Å²) in [7, 11) is 1.97. The fraction of sp³-hybridized carbons (Fsp3) is 0.500. The van der Waals surface area contributed by atoms with Crippen LogP contribution in [0.1, 0.15) is 26.3 Å². The summed E-state index contributed by atoms with van der Waals surface area (Å²) in [5.41, 5.74) is 1.64. The van der Waals surface area contributed by atoms with Crippen molar-refractivity contribution in [2.75, 3.05) is 19.0 Å². The lowest BCUT2D eigenvalue weighted by molar-refractivity contribution is -0.114. The van der Waals surface area contributed by atoms with Crippen LogP contribution in [0.2, 0.25) is 0 Å². The standard InChI is InChI=1S/C14H22N2O2/c1-11(18)15-13-7-5-6-12(8-13)9-16(4)14(2,3)10-17/h5-8,17H,9-10H2,1-4H3,(H,15,18). The Kier molecular flexibility index (Phi) is 4.87. The first-order chi connectivity index (χ1) is 8.35. The van der Waals surface area contributed by atoms with E-state index in [9.17, 15) is 9.90 Å². The SMILES string of the molecule is CC(=O)Nc1cccc(CN(C)C(C)(C)CO)c1. The summed E-state index contributed by atoms with van der Waals surface area (Å²) >= 11 is 0. The Bertz CT molecular complexity index is 416. The van der Waals surface area contributed by atoms with Crippen LogP contribution in [0.5, 0.6) is 0 Å². The highest BCUT2D eigenvalue weighted by molar-refractivity contribution is 5.88. The van der Waals surface area contributed by atoms with Crippen molar-refractivity contribution in [2.24, 2.45) is 0 Å². The van der Waals surface area contributed by atoms with E-state index in [-0.39, 0.29) is 18.1 Å². The molecule has 0 atom stereocenters. The molecule has 0 aliphatic carbocycles. The number of anilines is 1. The molecule has 18 heavy (non-hydrogen) atoms. The van der Waals surface area contributed by atoms with Crippen molar-refractivity contribution in [3.63, 3.8) is 0 Å². The molecule has 1 amide bonds. The van der Waals surface area contributed by atoms with Crippen LogP contribution in [-0.4, -0.2) is 35.1 Å². The van der Waals surface area contributed by atoms with Crippen LogP contribution in [0.3, 0.4) is 0 Å². The number of carbonyl (C=O) groups excluding carboxylic acids is 1. The summed E-state index contributed by atoms with van der Waals surface area (Å²) in [5, 5.41) is 12.1. The highest BCUT2D eigenvalue weighted by Crippen LogP contribution is 2.17. The third-order valence-corrected chi connectivity index (χ3v) is 3.09. The molecule has 0 aliphatic rings. The normalized spacial score (nSPS) is 11.7. The van der Waals surface area contributed by atoms with Crippen molar-refractivity contribution >= 4 is 11.6 Å². The third kappa shape index (κ3) is 4.13. The molecular weight excluding hydrogens is 228 g/mol. The molecule has 0 aromatic heterocycles. The Morgan fingerprint density at radius 1 is 1.44 bits per heavy atom. The Hall–Kier alpha value is -1.39. The van der Waals surface area contributed by atoms with Crippen LogP contribution in [0.4, 0.5) is 5.69 Å². The molecule has 2 N–H and O–H groups in total. The van der Waals surface area contributed by atoms with Crippen molar-refractivity contribution < 1.29 is 9.90 Å². The molecule has 0 spiro atoms. The number of nitrogens with zero attached hydrogens (tertiary/aromatic N) is 1. The van der Waals surface area contributed by atoms with Crippen LogP contribution < -0.4 is 5.32 Å². The number of aliphatic hydroxyl groups is 1. The topological polar surface area (TPSA) is 52.6 Å². The Labute approximate surface area is 109 Å². The second-order valence-corrected chi connectivity index (χ2v) is 5.21. The number of carbonyl (C=O) groups is 1. The maximum absolute atomic E-state index is 11.0. The van der Waals surface area contributed by atoms with Crippen LogP contribution in [0.15, 0.2) is 24.3 Å². The van der Waals surface area contributed by atoms with Crippen molar-refractivity contribution in [1.82, 2.24) is 4.90 Å². The summed E-state index contributed by atoms with van der Waals surface area (Å²) in [6.07, 6.45) is 0. The van der Waals surface area contributed by atoms with E-state index >= 15 is 0 Å². The second kappa shape index (κ2) is 5.98. The predicted octanol–water partition coefficient (Wildman–Crippen LogP) is 1.85. The minimum Gasteiger partial charge on any atom is -0.394 e. The first-order valence-corrected chi connectivity index (χ1v) is 6.04. The molecule has 0 heterocycles. The number of hydrogen-bond donors (Lipinski definition) is 2. The van der Waals surface area contributed by atoms with Gasteiger partial charge in [0.25, 0.3) is 0 Å². The number of benzene rings is 1. The second-order valence-electron chi connectivity index (χ2n) is 5.21. The number of hydrogen-bond acceptors (Lipinski definition) is 3. The lowest BCUT2D eigenvalue weighted by atomic mass is 10.0. The highest BCUT2D eigenvalue weighted by Gasteiger charge is 2.22. The largest absolute Gasteiger partial charge is 0.394 e. The Morgan fingerprint density at radius 2 is 2.11 bits per heavy atom. The third-order valence-electron chi connectivity index (χ3n) is 3.09. The summed E-state index contributed by atoms with van der Waals surface area (Å²) < 4.78 is 0. The monoisotopic (exact) mass is 250 g/mol. The summed E-state index contributed by atoms with van der Waals surface area (Å²) in [5.74, 6) is -0.0730. The van der Waals surface area contributed by atoms with Crippen molar-refractivity contribution in [3.05, 3.63) is 29.8 Å². The number of nitrogens with one attached hydrogen (secondary N) is 1. The number of amides is 1. The van der Waals surface area contributed by atoms with Gasteiger partial charge in [0.05, 0.1) is 6.61 Å². The predicted molar refractivity (Wildman–Crippen MR) is 73.4 cm³/mol. The first kappa shape index (κ1) is 14.7. The van der Waals surface area contributed by atoms with Gasteiger partial charge in [0, 0.05) is 24.7 Å². The van der Waals surface area contributed by atoms with Crippen LogP contribution >= 0.6 is 0 Å². The highest BCUT2D eigenvalue weighted by atomic mass is 16.3. The van der Waals surface area contributed by atoms with Gasteiger partial charge in [-0.2, -0.15) is 0 Å². The molecule has 1 aromatic rings. The van der Waals surface area contributed by atoms with Gasteiger partial charge in [-0.25, -0.2) is 0 Å². The van der Waals surface area contributed by atoms with Crippen molar-refractivity contribution in [2.45, 2.75) is 32.9 Å². The zero-order valence-electron chi connectivity index (χ0n) is 11.5. The minimum atomic E-state index is -0.260. The first-order valence-electron chi connectivity index (χ1n) is 6.04. The van der Waals surface area contributed by atoms with Gasteiger partial charge in [-0.15, -0.1) is 0 Å². The van der Waals surface area contributed by atoms with Gasteiger partial charge in [0.15, 0.2) is 0 Å². The smallest absolute Gasteiger partial charge is 0.221 e. The van der Waals surface area contributed by atoms with Crippen LogP contribution in [-0.2, 0) is 11.3 Å². The minimum absolute atomic E-state index is 0.0730. The van der Waals surface area contributed by atoms with E-state index in [1.165, 1.54) is 6.92 Å². The molecule has 0 fully saturated rings. The van der Waals surface area contributed by atoms with Crippen molar-refractivity contribution in [1.29, 1.82) is 0 Å². The molecule has 4 nitrogen and oxygen atoms in total. The van der Waals surface area contributed by atoms with E-state index in [2.05, 4.69) is 10.2 Å². The molecular formula is C14H22N2O2. The molecule has 0 unspecified atom stereocenters. The molecule has 1 rings (SSSR count). The van der Waals surface area contributed by atoms with Gasteiger partial charge < -0.3 is 10.4 Å². The van der Waals surface area contributed by atoms with Gasteiger partial charge in [-0.3, -0.25) is 9.69 Å². The van der Waals surface area contributed by atoms with Gasteiger partial charge in [-0.05, 0) is 38.6 Å². The van der Waals surface area contributed by atoms with E-state index in [4.69, 9.17) is 0 Å². The zero-order chi connectivity index (χ0) is 13.8. The van der Waals surface area contributed by atoms with Gasteiger partial charge in [0.1, 0.15) is 0 Å². The van der Waals surface area contributed by atoms with Gasteiger partial charge in [0.2, 0.25) is 5.91 Å². The molecule has 100 valence electrons.